The standard InChI is InChI=1S/C20H21N3O4/c1-4-23-17-10-7-14(11-16(17)21-18(24)20(23)26)19(25)22(2)12-13-5-8-15(27-3)9-6-13/h5-11H,4,12H2,1-3H3,(H,21,24). The lowest BCUT2D eigenvalue weighted by Gasteiger charge is -2.18. The van der Waals surface area contributed by atoms with Crippen molar-refractivity contribution < 1.29 is 9.53 Å². The predicted molar refractivity (Wildman–Crippen MR) is 103 cm³/mol. The molecule has 0 aliphatic carbocycles. The number of nitrogens with one attached hydrogen (secondary N) is 1. The molecule has 140 valence electrons. The van der Waals surface area contributed by atoms with Crippen LogP contribution in [0.5, 0.6) is 5.75 Å². The van der Waals surface area contributed by atoms with Crippen LogP contribution in [0.4, 0.5) is 0 Å². The average molecular weight is 367 g/mol. The Morgan fingerprint density at radius 2 is 1.85 bits per heavy atom. The van der Waals surface area contributed by atoms with Gasteiger partial charge in [-0.05, 0) is 42.8 Å². The summed E-state index contributed by atoms with van der Waals surface area (Å²) in [5.74, 6) is 0.580. The summed E-state index contributed by atoms with van der Waals surface area (Å²) >= 11 is 0. The molecule has 0 atom stereocenters. The topological polar surface area (TPSA) is 84.4 Å². The maximum Gasteiger partial charge on any atom is 0.316 e. The highest BCUT2D eigenvalue weighted by Crippen LogP contribution is 2.16. The minimum Gasteiger partial charge on any atom is -0.497 e. The van der Waals surface area contributed by atoms with Crippen molar-refractivity contribution in [2.24, 2.45) is 0 Å². The Morgan fingerprint density at radius 3 is 2.48 bits per heavy atom. The van der Waals surface area contributed by atoms with Gasteiger partial charge in [0, 0.05) is 25.7 Å². The molecule has 0 radical (unpaired) electrons. The Balaban J connectivity index is 1.89. The molecule has 0 aliphatic heterocycles. The van der Waals surface area contributed by atoms with Crippen LogP contribution in [0.2, 0.25) is 0 Å². The van der Waals surface area contributed by atoms with Crippen LogP contribution < -0.4 is 15.9 Å². The zero-order valence-electron chi connectivity index (χ0n) is 15.5. The molecule has 0 fully saturated rings. The third kappa shape index (κ3) is 3.62. The van der Waals surface area contributed by atoms with Gasteiger partial charge in [0.1, 0.15) is 5.75 Å². The summed E-state index contributed by atoms with van der Waals surface area (Å²) in [6, 6.07) is 12.5. The Bertz CT molecular complexity index is 1100. The van der Waals surface area contributed by atoms with E-state index in [-0.39, 0.29) is 5.91 Å². The number of aromatic amines is 1. The maximum atomic E-state index is 12.8. The number of benzene rings is 2. The van der Waals surface area contributed by atoms with E-state index in [9.17, 15) is 14.4 Å². The largest absolute Gasteiger partial charge is 0.497 e. The quantitative estimate of drug-likeness (QED) is 0.699. The molecule has 1 amide bonds. The van der Waals surface area contributed by atoms with Gasteiger partial charge in [-0.1, -0.05) is 12.1 Å². The first-order valence-corrected chi connectivity index (χ1v) is 8.60. The summed E-state index contributed by atoms with van der Waals surface area (Å²) in [6.07, 6.45) is 0. The molecular weight excluding hydrogens is 346 g/mol. The second-order valence-electron chi connectivity index (χ2n) is 6.24. The van der Waals surface area contributed by atoms with Crippen LogP contribution in [0.15, 0.2) is 52.1 Å². The number of rotatable bonds is 5. The molecule has 1 aromatic heterocycles. The molecule has 27 heavy (non-hydrogen) atoms. The molecule has 0 saturated carbocycles. The smallest absolute Gasteiger partial charge is 0.316 e. The second-order valence-corrected chi connectivity index (χ2v) is 6.24. The lowest BCUT2D eigenvalue weighted by molar-refractivity contribution is 0.0785. The van der Waals surface area contributed by atoms with E-state index in [0.717, 1.165) is 11.3 Å². The Morgan fingerprint density at radius 1 is 1.15 bits per heavy atom. The molecule has 7 nitrogen and oxygen atoms in total. The molecule has 1 N–H and O–H groups in total. The van der Waals surface area contributed by atoms with Crippen molar-refractivity contribution in [1.82, 2.24) is 14.5 Å². The second kappa shape index (κ2) is 7.49. The summed E-state index contributed by atoms with van der Waals surface area (Å²) in [4.78, 5) is 40.7. The zero-order valence-corrected chi connectivity index (χ0v) is 15.5. The predicted octanol–water partition coefficient (Wildman–Crippen LogP) is 1.99. The van der Waals surface area contributed by atoms with Crippen LogP contribution in [-0.4, -0.2) is 34.5 Å². The van der Waals surface area contributed by atoms with Crippen LogP contribution in [-0.2, 0) is 13.1 Å². The van der Waals surface area contributed by atoms with Crippen molar-refractivity contribution in [2.75, 3.05) is 14.2 Å². The van der Waals surface area contributed by atoms with Crippen LogP contribution >= 0.6 is 0 Å². The van der Waals surface area contributed by atoms with Gasteiger partial charge in [0.25, 0.3) is 5.91 Å². The number of carbonyl (C=O) groups is 1. The average Bonchev–Trinajstić information content (AvgIpc) is 2.68. The van der Waals surface area contributed by atoms with Crippen LogP contribution in [0.1, 0.15) is 22.8 Å². The number of hydrogen-bond acceptors (Lipinski definition) is 4. The fourth-order valence-corrected chi connectivity index (χ4v) is 3.02. The van der Waals surface area contributed by atoms with Crippen molar-refractivity contribution in [3.63, 3.8) is 0 Å². The molecule has 0 spiro atoms. The molecule has 7 heteroatoms. The number of hydrogen-bond donors (Lipinski definition) is 1. The molecule has 0 bridgehead atoms. The molecule has 0 unspecified atom stereocenters. The zero-order chi connectivity index (χ0) is 19.6. The minimum atomic E-state index is -0.694. The Hall–Kier alpha value is -3.35. The van der Waals surface area contributed by atoms with Crippen LogP contribution in [0.3, 0.4) is 0 Å². The van der Waals surface area contributed by atoms with Gasteiger partial charge in [0.15, 0.2) is 0 Å². The summed E-state index contributed by atoms with van der Waals surface area (Å²) in [5, 5.41) is 0. The van der Waals surface area contributed by atoms with E-state index in [1.807, 2.05) is 24.3 Å². The minimum absolute atomic E-state index is 0.178. The third-order valence-electron chi connectivity index (χ3n) is 4.46. The number of aromatic nitrogens is 2. The number of nitrogens with zero attached hydrogens (tertiary/aromatic N) is 2. The number of methoxy groups -OCH3 is 1. The van der Waals surface area contributed by atoms with Crippen molar-refractivity contribution in [3.05, 3.63) is 74.3 Å². The van der Waals surface area contributed by atoms with E-state index in [1.165, 1.54) is 4.57 Å². The van der Waals surface area contributed by atoms with Crippen LogP contribution in [0, 0.1) is 0 Å². The molecule has 3 aromatic rings. The SMILES string of the molecule is CCn1c(=O)c(=O)[nH]c2cc(C(=O)N(C)Cc3ccc(OC)cc3)ccc21. The monoisotopic (exact) mass is 367 g/mol. The Kier molecular flexibility index (Phi) is 5.12. The maximum absolute atomic E-state index is 12.8. The van der Waals surface area contributed by atoms with Gasteiger partial charge in [-0.15, -0.1) is 0 Å². The fourth-order valence-electron chi connectivity index (χ4n) is 3.02. The number of ether oxygens (including phenoxy) is 1. The molecular formula is C20H21N3O4. The molecule has 1 heterocycles. The summed E-state index contributed by atoms with van der Waals surface area (Å²) in [6.45, 7) is 2.61. The van der Waals surface area contributed by atoms with Gasteiger partial charge in [-0.25, -0.2) is 0 Å². The van der Waals surface area contributed by atoms with Crippen molar-refractivity contribution >= 4 is 16.9 Å². The Labute approximate surface area is 155 Å². The van der Waals surface area contributed by atoms with E-state index >= 15 is 0 Å². The van der Waals surface area contributed by atoms with Gasteiger partial charge in [0.05, 0.1) is 18.1 Å². The normalized spacial score (nSPS) is 10.8. The summed E-state index contributed by atoms with van der Waals surface area (Å²) < 4.78 is 6.53. The number of aryl methyl sites for hydroxylation is 1. The van der Waals surface area contributed by atoms with E-state index in [1.54, 1.807) is 44.2 Å². The highest BCUT2D eigenvalue weighted by atomic mass is 16.5. The third-order valence-corrected chi connectivity index (χ3v) is 4.46. The first-order chi connectivity index (χ1) is 12.9. The van der Waals surface area contributed by atoms with Crippen molar-refractivity contribution in [3.8, 4) is 5.75 Å². The van der Waals surface area contributed by atoms with Gasteiger partial charge in [-0.3, -0.25) is 14.4 Å². The van der Waals surface area contributed by atoms with E-state index in [2.05, 4.69) is 4.98 Å². The van der Waals surface area contributed by atoms with Gasteiger partial charge >= 0.3 is 11.1 Å². The number of fused-ring (bicyclic) bond motifs is 1. The molecule has 3 rings (SSSR count). The summed E-state index contributed by atoms with van der Waals surface area (Å²) in [5.41, 5.74) is 1.18. The van der Waals surface area contributed by atoms with Crippen molar-refractivity contribution in [1.29, 1.82) is 0 Å². The highest BCUT2D eigenvalue weighted by molar-refractivity contribution is 5.97. The van der Waals surface area contributed by atoms with Gasteiger partial charge in [0.2, 0.25) is 0 Å². The van der Waals surface area contributed by atoms with E-state index in [0.29, 0.717) is 29.7 Å². The fraction of sp³-hybridized carbons (Fsp3) is 0.250. The first-order valence-electron chi connectivity index (χ1n) is 8.60. The summed E-state index contributed by atoms with van der Waals surface area (Å²) in [7, 11) is 3.32. The molecule has 0 saturated heterocycles. The molecule has 2 aromatic carbocycles. The molecule has 0 aliphatic rings. The highest BCUT2D eigenvalue weighted by Gasteiger charge is 2.14. The van der Waals surface area contributed by atoms with Crippen molar-refractivity contribution in [2.45, 2.75) is 20.0 Å². The van der Waals surface area contributed by atoms with E-state index < -0.39 is 11.1 Å². The lowest BCUT2D eigenvalue weighted by Crippen LogP contribution is -2.36. The number of carbonyl (C=O) groups excluding carboxylic acids is 1. The first kappa shape index (κ1) is 18.4. The lowest BCUT2D eigenvalue weighted by atomic mass is 10.1. The van der Waals surface area contributed by atoms with Gasteiger partial charge < -0.3 is 19.2 Å². The number of H-pyrrole nitrogens is 1. The van der Waals surface area contributed by atoms with E-state index in [4.69, 9.17) is 4.74 Å². The van der Waals surface area contributed by atoms with Gasteiger partial charge in [-0.2, -0.15) is 0 Å². The number of amides is 1. The van der Waals surface area contributed by atoms with Crippen LogP contribution in [0.25, 0.3) is 11.0 Å².